The van der Waals surface area contributed by atoms with Crippen molar-refractivity contribution in [3.05, 3.63) is 34.9 Å². The van der Waals surface area contributed by atoms with Crippen LogP contribution in [0.1, 0.15) is 103 Å². The Morgan fingerprint density at radius 2 is 1.84 bits per heavy atom. The third-order valence-corrected chi connectivity index (χ3v) is 13.1. The standard InChI is InChI=1S/C28H49NO2Si/c1-19(2)24-14-10-12-22-18-25(30)27(26(22)24)29-21(4)16-20(3)17-23(29)13-11-15-31-32(8,9)28(5,6)7/h10,12,14,19-21,23,25,27,30H,11,13,15-18H2,1-9H3/t20-,21+,23-,25-,27-/m1/s1. The van der Waals surface area contributed by atoms with Crippen molar-refractivity contribution in [1.29, 1.82) is 0 Å². The Bertz CT molecular complexity index is 769. The van der Waals surface area contributed by atoms with Crippen molar-refractivity contribution in [3.63, 3.8) is 0 Å². The van der Waals surface area contributed by atoms with Gasteiger partial charge in [0.05, 0.1) is 12.1 Å². The molecule has 0 unspecified atom stereocenters. The first kappa shape index (κ1) is 25.9. The predicted molar refractivity (Wildman–Crippen MR) is 139 cm³/mol. The molecule has 0 bridgehead atoms. The fraction of sp³-hybridized carbons (Fsp3) is 0.786. The van der Waals surface area contributed by atoms with E-state index in [4.69, 9.17) is 4.43 Å². The fourth-order valence-electron chi connectivity index (χ4n) is 5.93. The Kier molecular flexibility index (Phi) is 8.02. The van der Waals surface area contributed by atoms with Gasteiger partial charge in [-0.15, -0.1) is 0 Å². The van der Waals surface area contributed by atoms with E-state index in [2.05, 4.69) is 84.7 Å². The van der Waals surface area contributed by atoms with Gasteiger partial charge in [0.2, 0.25) is 0 Å². The number of nitrogens with zero attached hydrogens (tertiary/aromatic N) is 1. The van der Waals surface area contributed by atoms with Gasteiger partial charge in [0.1, 0.15) is 0 Å². The van der Waals surface area contributed by atoms with Crippen molar-refractivity contribution >= 4 is 8.32 Å². The molecule has 1 aliphatic carbocycles. The summed E-state index contributed by atoms with van der Waals surface area (Å²) in [6.07, 6.45) is 5.21. The molecule has 1 N–H and O–H groups in total. The van der Waals surface area contributed by atoms with Gasteiger partial charge in [-0.25, -0.2) is 0 Å². The lowest BCUT2D eigenvalue weighted by Gasteiger charge is -2.48. The summed E-state index contributed by atoms with van der Waals surface area (Å²) in [5, 5.41) is 11.5. The number of hydrogen-bond donors (Lipinski definition) is 1. The number of rotatable bonds is 7. The summed E-state index contributed by atoms with van der Waals surface area (Å²) < 4.78 is 6.50. The summed E-state index contributed by atoms with van der Waals surface area (Å²) in [4.78, 5) is 2.72. The quantitative estimate of drug-likeness (QED) is 0.350. The summed E-state index contributed by atoms with van der Waals surface area (Å²) in [7, 11) is -1.69. The van der Waals surface area contributed by atoms with Crippen LogP contribution in [0.2, 0.25) is 18.1 Å². The van der Waals surface area contributed by atoms with Crippen LogP contribution >= 0.6 is 0 Å². The molecule has 0 radical (unpaired) electrons. The Balaban J connectivity index is 1.79. The first-order chi connectivity index (χ1) is 14.8. The zero-order valence-corrected chi connectivity index (χ0v) is 23.2. The van der Waals surface area contributed by atoms with Gasteiger partial charge in [-0.3, -0.25) is 4.90 Å². The summed E-state index contributed by atoms with van der Waals surface area (Å²) in [5.41, 5.74) is 4.22. The van der Waals surface area contributed by atoms with E-state index >= 15 is 0 Å². The molecule has 0 saturated carbocycles. The van der Waals surface area contributed by atoms with Crippen molar-refractivity contribution in [1.82, 2.24) is 4.90 Å². The largest absolute Gasteiger partial charge is 0.417 e. The molecular weight excluding hydrogens is 410 g/mol. The maximum absolute atomic E-state index is 11.3. The monoisotopic (exact) mass is 459 g/mol. The van der Waals surface area contributed by atoms with E-state index in [0.717, 1.165) is 31.8 Å². The molecule has 1 heterocycles. The molecule has 182 valence electrons. The van der Waals surface area contributed by atoms with Crippen molar-refractivity contribution in [2.75, 3.05) is 6.61 Å². The minimum atomic E-state index is -1.69. The summed E-state index contributed by atoms with van der Waals surface area (Å²) in [6.45, 7) is 21.9. The van der Waals surface area contributed by atoms with Crippen LogP contribution in [0.25, 0.3) is 0 Å². The molecule has 0 aromatic heterocycles. The van der Waals surface area contributed by atoms with Crippen LogP contribution in [0.3, 0.4) is 0 Å². The maximum Gasteiger partial charge on any atom is 0.191 e. The zero-order chi connectivity index (χ0) is 23.8. The molecule has 1 saturated heterocycles. The molecule has 0 spiro atoms. The minimum Gasteiger partial charge on any atom is -0.417 e. The Hall–Kier alpha value is -0.683. The Morgan fingerprint density at radius 1 is 1.16 bits per heavy atom. The van der Waals surface area contributed by atoms with Gasteiger partial charge in [-0.1, -0.05) is 59.7 Å². The number of hydrogen-bond acceptors (Lipinski definition) is 3. The maximum atomic E-state index is 11.3. The van der Waals surface area contributed by atoms with E-state index < -0.39 is 8.32 Å². The second-order valence-corrected chi connectivity index (χ2v) is 17.4. The van der Waals surface area contributed by atoms with E-state index in [9.17, 15) is 5.11 Å². The number of benzene rings is 1. The van der Waals surface area contributed by atoms with Crippen LogP contribution in [0.4, 0.5) is 0 Å². The third-order valence-electron chi connectivity index (χ3n) is 8.56. The molecule has 3 nitrogen and oxygen atoms in total. The van der Waals surface area contributed by atoms with Crippen molar-refractivity contribution in [3.8, 4) is 0 Å². The second-order valence-electron chi connectivity index (χ2n) is 12.6. The molecule has 5 atom stereocenters. The van der Waals surface area contributed by atoms with Crippen LogP contribution in [-0.2, 0) is 10.8 Å². The van der Waals surface area contributed by atoms with Crippen molar-refractivity contribution in [2.24, 2.45) is 5.92 Å². The summed E-state index contributed by atoms with van der Waals surface area (Å²) in [5.74, 6) is 1.22. The van der Waals surface area contributed by atoms with Gasteiger partial charge in [-0.2, -0.15) is 0 Å². The fourth-order valence-corrected chi connectivity index (χ4v) is 7.02. The highest BCUT2D eigenvalue weighted by Crippen LogP contribution is 2.46. The van der Waals surface area contributed by atoms with Gasteiger partial charge in [0.15, 0.2) is 8.32 Å². The predicted octanol–water partition coefficient (Wildman–Crippen LogP) is 7.06. The van der Waals surface area contributed by atoms with Crippen LogP contribution < -0.4 is 0 Å². The topological polar surface area (TPSA) is 32.7 Å². The minimum absolute atomic E-state index is 0.136. The molecular formula is C28H49NO2Si. The molecule has 2 aliphatic rings. The SMILES string of the molecule is CC(C)c1cccc2c1[C@H](N1[C@H](CCCO[Si](C)(C)C(C)(C)C)C[C@H](C)C[C@@H]1C)[C@H](O)C2. The highest BCUT2D eigenvalue weighted by molar-refractivity contribution is 6.74. The molecule has 1 aliphatic heterocycles. The lowest BCUT2D eigenvalue weighted by molar-refractivity contribution is -0.0304. The van der Waals surface area contributed by atoms with Gasteiger partial charge < -0.3 is 9.53 Å². The summed E-state index contributed by atoms with van der Waals surface area (Å²) in [6, 6.07) is 7.86. The molecule has 1 fully saturated rings. The van der Waals surface area contributed by atoms with Crippen LogP contribution in [0, 0.1) is 5.92 Å². The lowest BCUT2D eigenvalue weighted by atomic mass is 9.82. The molecule has 1 aromatic rings. The van der Waals surface area contributed by atoms with E-state index in [0.29, 0.717) is 18.0 Å². The number of fused-ring (bicyclic) bond motifs is 1. The first-order valence-corrected chi connectivity index (χ1v) is 16.0. The first-order valence-electron chi connectivity index (χ1n) is 13.0. The zero-order valence-electron chi connectivity index (χ0n) is 22.2. The molecule has 1 aromatic carbocycles. The smallest absolute Gasteiger partial charge is 0.191 e. The highest BCUT2D eigenvalue weighted by Gasteiger charge is 2.44. The average molecular weight is 460 g/mol. The second kappa shape index (κ2) is 9.89. The van der Waals surface area contributed by atoms with Gasteiger partial charge in [-0.05, 0) is 79.3 Å². The molecule has 3 rings (SSSR count). The number of piperidine rings is 1. The van der Waals surface area contributed by atoms with Gasteiger partial charge in [0.25, 0.3) is 0 Å². The van der Waals surface area contributed by atoms with E-state index in [1.54, 1.807) is 0 Å². The van der Waals surface area contributed by atoms with Gasteiger partial charge >= 0.3 is 0 Å². The number of aliphatic hydroxyl groups excluding tert-OH is 1. The van der Waals surface area contributed by atoms with E-state index in [1.165, 1.54) is 29.5 Å². The normalized spacial score (nSPS) is 29.5. The Morgan fingerprint density at radius 3 is 2.47 bits per heavy atom. The third kappa shape index (κ3) is 5.35. The van der Waals surface area contributed by atoms with E-state index in [1.807, 2.05) is 0 Å². The average Bonchev–Trinajstić information content (AvgIpc) is 2.99. The number of aliphatic hydroxyl groups is 1. The molecule has 4 heteroatoms. The van der Waals surface area contributed by atoms with Crippen LogP contribution in [0.5, 0.6) is 0 Å². The van der Waals surface area contributed by atoms with Gasteiger partial charge in [0, 0.05) is 25.1 Å². The van der Waals surface area contributed by atoms with Crippen LogP contribution in [-0.4, -0.2) is 43.1 Å². The van der Waals surface area contributed by atoms with Crippen molar-refractivity contribution in [2.45, 2.75) is 129 Å². The molecule has 0 amide bonds. The number of likely N-dealkylation sites (tertiary alicyclic amines) is 1. The lowest BCUT2D eigenvalue weighted by Crippen LogP contribution is -2.51. The van der Waals surface area contributed by atoms with Crippen molar-refractivity contribution < 1.29 is 9.53 Å². The van der Waals surface area contributed by atoms with E-state index in [-0.39, 0.29) is 17.2 Å². The van der Waals surface area contributed by atoms with Crippen LogP contribution in [0.15, 0.2) is 18.2 Å². The Labute approximate surface area is 199 Å². The molecule has 32 heavy (non-hydrogen) atoms. The summed E-state index contributed by atoms with van der Waals surface area (Å²) >= 11 is 0. The highest BCUT2D eigenvalue weighted by atomic mass is 28.4.